The molecular weight excluding hydrogens is 448 g/mol. The fraction of sp³-hybridized carbons (Fsp3) is 0.654. The Hall–Kier alpha value is -2.65. The highest BCUT2D eigenvalue weighted by molar-refractivity contribution is 5.99. The summed E-state index contributed by atoms with van der Waals surface area (Å²) in [4.78, 5) is 32.7. The zero-order valence-corrected chi connectivity index (χ0v) is 21.3. The molecule has 0 radical (unpaired) electrons. The van der Waals surface area contributed by atoms with Crippen molar-refractivity contribution in [3.63, 3.8) is 0 Å². The van der Waals surface area contributed by atoms with Gasteiger partial charge in [-0.25, -0.2) is 4.99 Å². The number of carbonyl (C=O) groups is 2. The zero-order chi connectivity index (χ0) is 25.5. The molecule has 0 saturated heterocycles. The van der Waals surface area contributed by atoms with Gasteiger partial charge in [0.25, 0.3) is 0 Å². The number of fused-ring (bicyclic) bond motifs is 1. The minimum Gasteiger partial charge on any atom is -0.485 e. The van der Waals surface area contributed by atoms with Crippen LogP contribution in [-0.2, 0) is 14.3 Å². The molecule has 4 N–H and O–H groups in total. The number of nitrogens with zero attached hydrogens (tertiary/aromatic N) is 2. The van der Waals surface area contributed by atoms with E-state index in [-0.39, 0.29) is 42.1 Å². The summed E-state index contributed by atoms with van der Waals surface area (Å²) in [5, 5.41) is 14.1. The van der Waals surface area contributed by atoms with E-state index in [0.717, 1.165) is 12.0 Å². The highest BCUT2D eigenvalue weighted by Crippen LogP contribution is 2.47. The van der Waals surface area contributed by atoms with E-state index in [1.807, 2.05) is 52.0 Å². The Labute approximate surface area is 207 Å². The minimum absolute atomic E-state index is 0.0610. The van der Waals surface area contributed by atoms with Gasteiger partial charge in [-0.3, -0.25) is 14.5 Å². The Bertz CT molecular complexity index is 1010. The van der Waals surface area contributed by atoms with Crippen LogP contribution in [0.25, 0.3) is 0 Å². The Morgan fingerprint density at radius 1 is 1.37 bits per heavy atom. The van der Waals surface area contributed by atoms with E-state index < -0.39 is 23.3 Å². The van der Waals surface area contributed by atoms with E-state index in [0.29, 0.717) is 25.2 Å². The number of carbonyl (C=O) groups excluding carboxylic acids is 2. The second-order valence-electron chi connectivity index (χ2n) is 10.8. The van der Waals surface area contributed by atoms with Crippen molar-refractivity contribution in [2.45, 2.75) is 82.7 Å². The number of aliphatic imine (C=N–C) groups is 1. The number of aliphatic hydroxyl groups is 1. The summed E-state index contributed by atoms with van der Waals surface area (Å²) < 4.78 is 11.3. The lowest BCUT2D eigenvalue weighted by molar-refractivity contribution is -0.133. The van der Waals surface area contributed by atoms with Gasteiger partial charge in [0, 0.05) is 31.2 Å². The first kappa shape index (κ1) is 25.4. The smallest absolute Gasteiger partial charge is 0.231 e. The van der Waals surface area contributed by atoms with Gasteiger partial charge in [-0.15, -0.1) is 0 Å². The van der Waals surface area contributed by atoms with Crippen LogP contribution in [0.15, 0.2) is 29.3 Å². The normalized spacial score (nSPS) is 32.2. The predicted octanol–water partition coefficient (Wildman–Crippen LogP) is 2.13. The molecule has 2 heterocycles. The van der Waals surface area contributed by atoms with Crippen LogP contribution in [0.1, 0.15) is 65.0 Å². The van der Waals surface area contributed by atoms with E-state index in [9.17, 15) is 14.7 Å². The van der Waals surface area contributed by atoms with Crippen molar-refractivity contribution < 1.29 is 24.2 Å². The third-order valence-corrected chi connectivity index (χ3v) is 7.77. The lowest BCUT2D eigenvalue weighted by atomic mass is 9.86. The lowest BCUT2D eigenvalue weighted by Gasteiger charge is -2.42. The number of hydrogen-bond acceptors (Lipinski definition) is 7. The summed E-state index contributed by atoms with van der Waals surface area (Å²) in [6.45, 7) is 7.99. The number of hydrogen-bond donors (Lipinski definition) is 3. The molecule has 1 aromatic rings. The molecule has 2 aliphatic heterocycles. The third-order valence-electron chi connectivity index (χ3n) is 7.77. The Balaban J connectivity index is 1.52. The number of rotatable bonds is 8. The number of methoxy groups -OCH3 is 1. The molecule has 2 amide bonds. The number of ether oxygens (including phenoxy) is 2. The Kier molecular flexibility index (Phi) is 6.85. The van der Waals surface area contributed by atoms with Gasteiger partial charge in [0.1, 0.15) is 17.5 Å². The molecule has 6 atom stereocenters. The van der Waals surface area contributed by atoms with E-state index in [1.165, 1.54) is 0 Å². The van der Waals surface area contributed by atoms with Gasteiger partial charge in [0.15, 0.2) is 5.96 Å². The standard InChI is InChI=1S/C26H38N4O5/c1-6-26(4)14-20(31)30(24(27)29-26)18(11-12-34-5)16-13-17(16)23(33)28-21-15-9-7-8-10-19(15)35-25(2,3)22(21)32/h7-10,16-18,21-22,32H,6,11-14H2,1-5H3,(H2,27,29)(H,28,33)/t16-,17-,18+,21+,22-,26+/m0/s1. The monoisotopic (exact) mass is 486 g/mol. The van der Waals surface area contributed by atoms with Crippen LogP contribution < -0.4 is 15.8 Å². The van der Waals surface area contributed by atoms with Gasteiger partial charge in [-0.2, -0.15) is 0 Å². The molecule has 35 heavy (non-hydrogen) atoms. The van der Waals surface area contributed by atoms with Crippen LogP contribution in [0.4, 0.5) is 0 Å². The number of guanidine groups is 1. The van der Waals surface area contributed by atoms with E-state index in [2.05, 4.69) is 10.3 Å². The van der Waals surface area contributed by atoms with Gasteiger partial charge < -0.3 is 25.6 Å². The molecular formula is C26H38N4O5. The number of nitrogens with one attached hydrogen (secondary N) is 1. The molecule has 1 fully saturated rings. The second-order valence-corrected chi connectivity index (χ2v) is 10.8. The summed E-state index contributed by atoms with van der Waals surface area (Å²) in [6, 6.07) is 6.58. The second kappa shape index (κ2) is 9.43. The molecule has 4 rings (SSSR count). The predicted molar refractivity (Wildman–Crippen MR) is 132 cm³/mol. The van der Waals surface area contributed by atoms with Gasteiger partial charge in [-0.1, -0.05) is 25.1 Å². The van der Waals surface area contributed by atoms with Crippen molar-refractivity contribution in [1.82, 2.24) is 10.2 Å². The van der Waals surface area contributed by atoms with Crippen molar-refractivity contribution in [3.05, 3.63) is 29.8 Å². The number of benzene rings is 1. The molecule has 1 aliphatic carbocycles. The van der Waals surface area contributed by atoms with E-state index >= 15 is 0 Å². The van der Waals surface area contributed by atoms with Crippen molar-refractivity contribution in [1.29, 1.82) is 0 Å². The lowest BCUT2D eigenvalue weighted by Crippen LogP contribution is -2.56. The quantitative estimate of drug-likeness (QED) is 0.517. The minimum atomic E-state index is -0.916. The summed E-state index contributed by atoms with van der Waals surface area (Å²) in [5.74, 6) is 0.307. The summed E-state index contributed by atoms with van der Waals surface area (Å²) in [5.41, 5.74) is 5.70. The number of aliphatic hydroxyl groups excluding tert-OH is 1. The molecule has 1 saturated carbocycles. The average Bonchev–Trinajstić information content (AvgIpc) is 3.59. The van der Waals surface area contributed by atoms with Crippen LogP contribution in [-0.4, -0.2) is 64.8 Å². The fourth-order valence-corrected chi connectivity index (χ4v) is 5.34. The van der Waals surface area contributed by atoms with Crippen molar-refractivity contribution in [2.24, 2.45) is 22.6 Å². The number of amides is 2. The highest BCUT2D eigenvalue weighted by Gasteiger charge is 2.53. The van der Waals surface area contributed by atoms with Crippen LogP contribution in [0.2, 0.25) is 0 Å². The highest BCUT2D eigenvalue weighted by atomic mass is 16.5. The molecule has 0 unspecified atom stereocenters. The maximum Gasteiger partial charge on any atom is 0.231 e. The largest absolute Gasteiger partial charge is 0.485 e. The van der Waals surface area contributed by atoms with Crippen molar-refractivity contribution >= 4 is 17.8 Å². The van der Waals surface area contributed by atoms with Crippen LogP contribution >= 0.6 is 0 Å². The Morgan fingerprint density at radius 3 is 2.74 bits per heavy atom. The molecule has 1 aromatic carbocycles. The topological polar surface area (TPSA) is 126 Å². The first-order chi connectivity index (χ1) is 16.5. The van der Waals surface area contributed by atoms with Gasteiger partial charge in [0.05, 0.1) is 18.0 Å². The van der Waals surface area contributed by atoms with Crippen molar-refractivity contribution in [3.8, 4) is 5.75 Å². The molecule has 9 heteroatoms. The number of para-hydroxylation sites is 1. The number of nitrogens with two attached hydrogens (primary N) is 1. The third kappa shape index (κ3) is 4.89. The molecule has 3 aliphatic rings. The van der Waals surface area contributed by atoms with Gasteiger partial charge >= 0.3 is 0 Å². The molecule has 9 nitrogen and oxygen atoms in total. The van der Waals surface area contributed by atoms with Crippen LogP contribution in [0.3, 0.4) is 0 Å². The van der Waals surface area contributed by atoms with Crippen molar-refractivity contribution in [2.75, 3.05) is 13.7 Å². The molecule has 0 spiro atoms. The van der Waals surface area contributed by atoms with Gasteiger partial charge in [-0.05, 0) is 52.0 Å². The first-order valence-corrected chi connectivity index (χ1v) is 12.4. The van der Waals surface area contributed by atoms with Crippen LogP contribution in [0.5, 0.6) is 5.75 Å². The average molecular weight is 487 g/mol. The summed E-state index contributed by atoms with van der Waals surface area (Å²) in [7, 11) is 1.61. The molecule has 0 aromatic heterocycles. The van der Waals surface area contributed by atoms with Crippen LogP contribution in [0, 0.1) is 11.8 Å². The molecule has 0 bridgehead atoms. The maximum atomic E-state index is 13.4. The maximum absolute atomic E-state index is 13.4. The van der Waals surface area contributed by atoms with E-state index in [4.69, 9.17) is 15.2 Å². The Morgan fingerprint density at radius 2 is 2.09 bits per heavy atom. The van der Waals surface area contributed by atoms with Gasteiger partial charge in [0.2, 0.25) is 11.8 Å². The SMILES string of the molecule is CC[C@]1(C)CC(=O)N([C@H](CCOC)[C@H]2C[C@@H]2C(=O)N[C@@H]2c3ccccc3OC(C)(C)[C@H]2O)C(N)=N1. The fourth-order valence-electron chi connectivity index (χ4n) is 5.34. The molecule has 192 valence electrons. The summed E-state index contributed by atoms with van der Waals surface area (Å²) in [6.07, 6.45) is 1.28. The van der Waals surface area contributed by atoms with E-state index in [1.54, 1.807) is 12.0 Å². The summed E-state index contributed by atoms with van der Waals surface area (Å²) >= 11 is 0. The zero-order valence-electron chi connectivity index (χ0n) is 21.3. The first-order valence-electron chi connectivity index (χ1n) is 12.4.